The van der Waals surface area contributed by atoms with E-state index in [0.717, 1.165) is 35.8 Å². The van der Waals surface area contributed by atoms with Crippen LogP contribution in [0.3, 0.4) is 0 Å². The standard InChI is InChI=1S/C20H28N2O/c1-2-21-20(23)16-5-3-4-13(7-16)12-22-19-17-8-14-6-15(10-17)11-18(19)9-14/h3-5,7,14-15,17-19,22H,2,6,8-12H2,1H3,(H,21,23). The van der Waals surface area contributed by atoms with Crippen molar-refractivity contribution in [3.05, 3.63) is 35.4 Å². The van der Waals surface area contributed by atoms with Crippen LogP contribution in [0.25, 0.3) is 0 Å². The fraction of sp³-hybridized carbons (Fsp3) is 0.650. The molecule has 4 saturated carbocycles. The minimum Gasteiger partial charge on any atom is -0.352 e. The van der Waals surface area contributed by atoms with Gasteiger partial charge in [0.2, 0.25) is 0 Å². The molecule has 23 heavy (non-hydrogen) atoms. The third kappa shape index (κ3) is 3.03. The summed E-state index contributed by atoms with van der Waals surface area (Å²) in [6.45, 7) is 3.52. The first-order chi connectivity index (χ1) is 11.2. The Morgan fingerprint density at radius 3 is 2.43 bits per heavy atom. The Hall–Kier alpha value is -1.35. The predicted molar refractivity (Wildman–Crippen MR) is 92.1 cm³/mol. The summed E-state index contributed by atoms with van der Waals surface area (Å²) in [5, 5.41) is 6.72. The smallest absolute Gasteiger partial charge is 0.251 e. The highest BCUT2D eigenvalue weighted by Gasteiger charge is 2.47. The minimum atomic E-state index is 0.0315. The van der Waals surface area contributed by atoms with Crippen molar-refractivity contribution >= 4 is 5.91 Å². The van der Waals surface area contributed by atoms with E-state index in [-0.39, 0.29) is 5.91 Å². The van der Waals surface area contributed by atoms with Gasteiger partial charge in [-0.2, -0.15) is 0 Å². The van der Waals surface area contributed by atoms with Gasteiger partial charge in [-0.3, -0.25) is 4.79 Å². The average molecular weight is 312 g/mol. The number of hydrogen-bond donors (Lipinski definition) is 2. The molecule has 5 rings (SSSR count). The molecule has 3 heteroatoms. The van der Waals surface area contributed by atoms with E-state index in [9.17, 15) is 4.79 Å². The van der Waals surface area contributed by atoms with E-state index in [2.05, 4.69) is 16.7 Å². The Balaban J connectivity index is 1.39. The molecule has 3 nitrogen and oxygen atoms in total. The Morgan fingerprint density at radius 2 is 1.78 bits per heavy atom. The Bertz CT molecular complexity index is 555. The summed E-state index contributed by atoms with van der Waals surface area (Å²) in [6.07, 6.45) is 7.30. The highest BCUT2D eigenvalue weighted by atomic mass is 16.1. The van der Waals surface area contributed by atoms with Crippen molar-refractivity contribution in [3.8, 4) is 0 Å². The van der Waals surface area contributed by atoms with Crippen LogP contribution in [0.4, 0.5) is 0 Å². The van der Waals surface area contributed by atoms with Crippen LogP contribution in [-0.2, 0) is 6.54 Å². The Labute approximate surface area is 139 Å². The second-order valence-electron chi connectivity index (χ2n) is 7.90. The molecule has 1 aromatic carbocycles. The Kier molecular flexibility index (Phi) is 4.14. The van der Waals surface area contributed by atoms with Crippen molar-refractivity contribution in [1.82, 2.24) is 10.6 Å². The van der Waals surface area contributed by atoms with Gasteiger partial charge < -0.3 is 10.6 Å². The third-order valence-corrected chi connectivity index (χ3v) is 6.30. The van der Waals surface area contributed by atoms with Crippen LogP contribution in [0.2, 0.25) is 0 Å². The van der Waals surface area contributed by atoms with Gasteiger partial charge in [-0.15, -0.1) is 0 Å². The second-order valence-corrected chi connectivity index (χ2v) is 7.90. The fourth-order valence-electron chi connectivity index (χ4n) is 5.58. The summed E-state index contributed by atoms with van der Waals surface area (Å²) in [6, 6.07) is 8.77. The van der Waals surface area contributed by atoms with Crippen LogP contribution in [-0.4, -0.2) is 18.5 Å². The predicted octanol–water partition coefficient (Wildman–Crippen LogP) is 3.35. The summed E-state index contributed by atoms with van der Waals surface area (Å²) in [5.74, 6) is 3.88. The number of hydrogen-bond acceptors (Lipinski definition) is 2. The molecular formula is C20H28N2O. The summed E-state index contributed by atoms with van der Waals surface area (Å²) >= 11 is 0. The number of carbonyl (C=O) groups excluding carboxylic acids is 1. The quantitative estimate of drug-likeness (QED) is 0.875. The monoisotopic (exact) mass is 312 g/mol. The van der Waals surface area contributed by atoms with Gasteiger partial charge >= 0.3 is 0 Å². The molecule has 0 saturated heterocycles. The molecule has 1 aromatic rings. The molecule has 0 aliphatic heterocycles. The molecule has 2 N–H and O–H groups in total. The zero-order chi connectivity index (χ0) is 15.8. The van der Waals surface area contributed by atoms with Crippen LogP contribution in [0.5, 0.6) is 0 Å². The minimum absolute atomic E-state index is 0.0315. The summed E-state index contributed by atoms with van der Waals surface area (Å²) in [7, 11) is 0. The number of amides is 1. The van der Waals surface area contributed by atoms with E-state index in [1.54, 1.807) is 0 Å². The lowest BCUT2D eigenvalue weighted by Crippen LogP contribution is -2.54. The first-order valence-electron chi connectivity index (χ1n) is 9.33. The molecule has 4 aliphatic carbocycles. The van der Waals surface area contributed by atoms with E-state index >= 15 is 0 Å². The van der Waals surface area contributed by atoms with Gasteiger partial charge in [-0.25, -0.2) is 0 Å². The maximum atomic E-state index is 12.0. The molecule has 1 amide bonds. The van der Waals surface area contributed by atoms with Crippen molar-refractivity contribution in [2.45, 2.75) is 51.6 Å². The van der Waals surface area contributed by atoms with Crippen molar-refractivity contribution in [2.75, 3.05) is 6.54 Å². The highest BCUT2D eigenvalue weighted by Crippen LogP contribution is 2.53. The van der Waals surface area contributed by atoms with Crippen LogP contribution in [0, 0.1) is 23.7 Å². The van der Waals surface area contributed by atoms with E-state index in [4.69, 9.17) is 0 Å². The maximum Gasteiger partial charge on any atom is 0.251 e. The number of carbonyl (C=O) groups is 1. The number of rotatable bonds is 5. The van der Waals surface area contributed by atoms with E-state index in [1.165, 1.54) is 37.7 Å². The third-order valence-electron chi connectivity index (χ3n) is 6.30. The highest BCUT2D eigenvalue weighted by molar-refractivity contribution is 5.94. The van der Waals surface area contributed by atoms with E-state index in [1.807, 2.05) is 25.1 Å². The molecule has 0 atom stereocenters. The van der Waals surface area contributed by atoms with Gasteiger partial charge in [-0.05, 0) is 80.4 Å². The average Bonchev–Trinajstić information content (AvgIpc) is 2.54. The van der Waals surface area contributed by atoms with Crippen molar-refractivity contribution < 1.29 is 4.79 Å². The Morgan fingerprint density at radius 1 is 1.09 bits per heavy atom. The van der Waals surface area contributed by atoms with Crippen molar-refractivity contribution in [3.63, 3.8) is 0 Å². The fourth-order valence-corrected chi connectivity index (χ4v) is 5.58. The van der Waals surface area contributed by atoms with Crippen LogP contribution >= 0.6 is 0 Å². The summed E-state index contributed by atoms with van der Waals surface area (Å²) in [5.41, 5.74) is 2.00. The lowest BCUT2D eigenvalue weighted by atomic mass is 9.54. The second kappa shape index (κ2) is 6.27. The van der Waals surface area contributed by atoms with E-state index < -0.39 is 0 Å². The largest absolute Gasteiger partial charge is 0.352 e. The first kappa shape index (κ1) is 15.2. The van der Waals surface area contributed by atoms with E-state index in [0.29, 0.717) is 12.6 Å². The summed E-state index contributed by atoms with van der Waals surface area (Å²) in [4.78, 5) is 12.0. The molecule has 4 bridgehead atoms. The SMILES string of the molecule is CCNC(=O)c1cccc(CNC2C3CC4CC(C3)CC2C4)c1. The van der Waals surface area contributed by atoms with Gasteiger partial charge in [0, 0.05) is 24.7 Å². The lowest BCUT2D eigenvalue weighted by Gasteiger charge is -2.54. The van der Waals surface area contributed by atoms with Crippen molar-refractivity contribution in [1.29, 1.82) is 0 Å². The topological polar surface area (TPSA) is 41.1 Å². The van der Waals surface area contributed by atoms with Gasteiger partial charge in [0.05, 0.1) is 0 Å². The van der Waals surface area contributed by atoms with Crippen molar-refractivity contribution in [2.24, 2.45) is 23.7 Å². The molecular weight excluding hydrogens is 284 g/mol. The zero-order valence-electron chi connectivity index (χ0n) is 14.1. The molecule has 0 aromatic heterocycles. The van der Waals surface area contributed by atoms with Gasteiger partial charge in [0.15, 0.2) is 0 Å². The molecule has 124 valence electrons. The lowest BCUT2D eigenvalue weighted by molar-refractivity contribution is -0.0142. The molecule has 0 radical (unpaired) electrons. The number of nitrogens with one attached hydrogen (secondary N) is 2. The number of benzene rings is 1. The normalized spacial score (nSPS) is 34.6. The van der Waals surface area contributed by atoms with Gasteiger partial charge in [0.25, 0.3) is 5.91 Å². The van der Waals surface area contributed by atoms with Gasteiger partial charge in [0.1, 0.15) is 0 Å². The van der Waals surface area contributed by atoms with Gasteiger partial charge in [-0.1, -0.05) is 12.1 Å². The molecule has 0 spiro atoms. The molecule has 4 fully saturated rings. The first-order valence-corrected chi connectivity index (χ1v) is 9.33. The molecule has 0 heterocycles. The summed E-state index contributed by atoms with van der Waals surface area (Å²) < 4.78 is 0. The van der Waals surface area contributed by atoms with Crippen LogP contribution in [0.1, 0.15) is 54.9 Å². The van der Waals surface area contributed by atoms with Crippen LogP contribution in [0.15, 0.2) is 24.3 Å². The van der Waals surface area contributed by atoms with Crippen LogP contribution < -0.4 is 10.6 Å². The molecule has 0 unspecified atom stereocenters. The maximum absolute atomic E-state index is 12.0. The zero-order valence-corrected chi connectivity index (χ0v) is 14.1. The molecule has 4 aliphatic rings.